The molecule has 2 heterocycles. The number of aryl methyl sites for hydroxylation is 1. The summed E-state index contributed by atoms with van der Waals surface area (Å²) >= 11 is 5.75. The summed E-state index contributed by atoms with van der Waals surface area (Å²) in [6, 6.07) is 24.1. The Balaban J connectivity index is 1.60. The summed E-state index contributed by atoms with van der Waals surface area (Å²) < 4.78 is 19.4. The molecule has 1 aliphatic rings. The van der Waals surface area contributed by atoms with Crippen LogP contribution in [0.3, 0.4) is 0 Å². The molecule has 1 aromatic heterocycles. The zero-order valence-electron chi connectivity index (χ0n) is 18.8. The van der Waals surface area contributed by atoms with E-state index in [1.54, 1.807) is 12.1 Å². The Morgan fingerprint density at radius 2 is 1.76 bits per heavy atom. The maximum absolute atomic E-state index is 13.6. The lowest BCUT2D eigenvalue weighted by molar-refractivity contribution is 0.396. The van der Waals surface area contributed by atoms with Crippen LogP contribution in [0.4, 0.5) is 4.39 Å². The van der Waals surface area contributed by atoms with Crippen molar-refractivity contribution < 1.29 is 8.91 Å². The second-order valence-electron chi connectivity index (χ2n) is 8.30. The quantitative estimate of drug-likeness (QED) is 0.359. The molecule has 1 atom stereocenters. The van der Waals surface area contributed by atoms with Crippen LogP contribution >= 0.6 is 12.2 Å². The minimum absolute atomic E-state index is 0.297. The van der Waals surface area contributed by atoms with Crippen molar-refractivity contribution in [3.8, 4) is 11.4 Å². The van der Waals surface area contributed by atoms with Crippen molar-refractivity contribution >= 4 is 22.9 Å². The van der Waals surface area contributed by atoms with Crippen molar-refractivity contribution in [3.05, 3.63) is 113 Å². The standard InChI is InChI=1S/C27H23FN4OS/c1-17-7-6-10-21(15-17)25-30-26(33-31-25)23-18(2)32(16-19-8-4-3-5-9-19)27(34)29-24(23)20-11-13-22(28)14-12-20/h3-15,24H,16H2,1-2H3,(H,29,34). The molecule has 0 saturated carbocycles. The number of aromatic nitrogens is 2. The Bertz CT molecular complexity index is 1360. The van der Waals surface area contributed by atoms with Gasteiger partial charge in [-0.05, 0) is 55.4 Å². The van der Waals surface area contributed by atoms with Gasteiger partial charge in [-0.1, -0.05) is 71.4 Å². The summed E-state index contributed by atoms with van der Waals surface area (Å²) in [4.78, 5) is 6.76. The Kier molecular flexibility index (Phi) is 5.94. The highest BCUT2D eigenvalue weighted by Crippen LogP contribution is 2.38. The van der Waals surface area contributed by atoms with E-state index in [2.05, 4.69) is 22.6 Å². The fraction of sp³-hybridized carbons (Fsp3) is 0.148. The molecule has 170 valence electrons. The monoisotopic (exact) mass is 470 g/mol. The number of allylic oxidation sites excluding steroid dienone is 1. The fourth-order valence-corrected chi connectivity index (χ4v) is 4.47. The Morgan fingerprint density at radius 3 is 2.50 bits per heavy atom. The summed E-state index contributed by atoms with van der Waals surface area (Å²) in [5, 5.41) is 8.24. The van der Waals surface area contributed by atoms with Gasteiger partial charge in [0.05, 0.1) is 11.6 Å². The fourth-order valence-electron chi connectivity index (χ4n) is 4.15. The van der Waals surface area contributed by atoms with Gasteiger partial charge in [0.1, 0.15) is 5.82 Å². The van der Waals surface area contributed by atoms with Gasteiger partial charge in [0.15, 0.2) is 5.11 Å². The molecule has 1 aliphatic heterocycles. The molecular weight excluding hydrogens is 447 g/mol. The smallest absolute Gasteiger partial charge is 0.258 e. The summed E-state index contributed by atoms with van der Waals surface area (Å²) in [5.74, 6) is 0.616. The number of nitrogens with one attached hydrogen (secondary N) is 1. The average molecular weight is 471 g/mol. The topological polar surface area (TPSA) is 54.2 Å². The maximum Gasteiger partial charge on any atom is 0.258 e. The summed E-state index contributed by atoms with van der Waals surface area (Å²) in [6.45, 7) is 4.62. The van der Waals surface area contributed by atoms with Crippen LogP contribution < -0.4 is 5.32 Å². The first-order valence-corrected chi connectivity index (χ1v) is 11.4. The van der Waals surface area contributed by atoms with E-state index in [-0.39, 0.29) is 11.9 Å². The van der Waals surface area contributed by atoms with Crippen molar-refractivity contribution in [1.82, 2.24) is 20.4 Å². The van der Waals surface area contributed by atoms with Gasteiger partial charge >= 0.3 is 0 Å². The molecule has 7 heteroatoms. The van der Waals surface area contributed by atoms with E-state index >= 15 is 0 Å². The molecule has 4 aromatic rings. The zero-order valence-corrected chi connectivity index (χ0v) is 19.6. The molecule has 0 fully saturated rings. The molecule has 5 nitrogen and oxygen atoms in total. The lowest BCUT2D eigenvalue weighted by Gasteiger charge is -2.37. The first kappa shape index (κ1) is 22.0. The highest BCUT2D eigenvalue weighted by molar-refractivity contribution is 7.80. The van der Waals surface area contributed by atoms with Gasteiger partial charge in [0.2, 0.25) is 5.82 Å². The van der Waals surface area contributed by atoms with Crippen LogP contribution in [0.15, 0.2) is 89.1 Å². The van der Waals surface area contributed by atoms with Crippen LogP contribution in [-0.4, -0.2) is 20.2 Å². The molecule has 5 rings (SSSR count). The van der Waals surface area contributed by atoms with Crippen LogP contribution in [0, 0.1) is 12.7 Å². The number of thiocarbonyl (C=S) groups is 1. The lowest BCUT2D eigenvalue weighted by atomic mass is 9.94. The molecule has 0 bridgehead atoms. The normalized spacial score (nSPS) is 16.0. The molecule has 1 unspecified atom stereocenters. The number of nitrogens with zero attached hydrogens (tertiary/aromatic N) is 3. The highest BCUT2D eigenvalue weighted by Gasteiger charge is 2.34. The first-order chi connectivity index (χ1) is 16.5. The molecule has 34 heavy (non-hydrogen) atoms. The van der Waals surface area contributed by atoms with E-state index in [4.69, 9.17) is 21.7 Å². The summed E-state index contributed by atoms with van der Waals surface area (Å²) in [7, 11) is 0. The first-order valence-electron chi connectivity index (χ1n) is 11.0. The highest BCUT2D eigenvalue weighted by atomic mass is 32.1. The second kappa shape index (κ2) is 9.19. The van der Waals surface area contributed by atoms with Crippen LogP contribution in [-0.2, 0) is 6.54 Å². The Labute approximate surface area is 202 Å². The van der Waals surface area contributed by atoms with Crippen LogP contribution in [0.1, 0.15) is 35.5 Å². The number of halogens is 1. The molecule has 1 N–H and O–H groups in total. The molecule has 0 saturated heterocycles. The molecule has 0 amide bonds. The third-order valence-corrected chi connectivity index (χ3v) is 6.25. The lowest BCUT2D eigenvalue weighted by Crippen LogP contribution is -2.45. The molecule has 0 spiro atoms. The van der Waals surface area contributed by atoms with Crippen molar-refractivity contribution in [1.29, 1.82) is 0 Å². The minimum atomic E-state index is -0.356. The number of benzene rings is 3. The van der Waals surface area contributed by atoms with Crippen LogP contribution in [0.25, 0.3) is 17.0 Å². The van der Waals surface area contributed by atoms with Crippen molar-refractivity contribution in [2.45, 2.75) is 26.4 Å². The van der Waals surface area contributed by atoms with Crippen molar-refractivity contribution in [2.24, 2.45) is 0 Å². The molecule has 0 aliphatic carbocycles. The number of hydrogen-bond acceptors (Lipinski definition) is 4. The van der Waals surface area contributed by atoms with E-state index in [9.17, 15) is 4.39 Å². The Morgan fingerprint density at radius 1 is 1.00 bits per heavy atom. The molecule has 0 radical (unpaired) electrons. The van der Waals surface area contributed by atoms with Gasteiger partial charge in [0.25, 0.3) is 5.89 Å². The van der Waals surface area contributed by atoms with Crippen LogP contribution in [0.5, 0.6) is 0 Å². The van der Waals surface area contributed by atoms with E-state index in [1.807, 2.05) is 61.2 Å². The zero-order chi connectivity index (χ0) is 23.7. The summed E-state index contributed by atoms with van der Waals surface area (Å²) in [6.07, 6.45) is 0. The molecule has 3 aromatic carbocycles. The minimum Gasteiger partial charge on any atom is -0.351 e. The van der Waals surface area contributed by atoms with Gasteiger partial charge in [-0.25, -0.2) is 4.39 Å². The maximum atomic E-state index is 13.6. The summed E-state index contributed by atoms with van der Waals surface area (Å²) in [5.41, 5.74) is 5.68. The van der Waals surface area contributed by atoms with Gasteiger partial charge in [-0.3, -0.25) is 0 Å². The largest absolute Gasteiger partial charge is 0.351 e. The predicted molar refractivity (Wildman–Crippen MR) is 134 cm³/mol. The van der Waals surface area contributed by atoms with Crippen molar-refractivity contribution in [3.63, 3.8) is 0 Å². The van der Waals surface area contributed by atoms with Gasteiger partial charge in [-0.15, -0.1) is 0 Å². The SMILES string of the molecule is CC1=C(c2nc(-c3cccc(C)c3)no2)C(c2ccc(F)cc2)NC(=S)N1Cc1ccccc1. The number of hydrogen-bond donors (Lipinski definition) is 1. The van der Waals surface area contributed by atoms with E-state index in [0.717, 1.165) is 33.5 Å². The van der Waals surface area contributed by atoms with Gasteiger partial charge in [-0.2, -0.15) is 4.98 Å². The van der Waals surface area contributed by atoms with Gasteiger partial charge < -0.3 is 14.7 Å². The van der Waals surface area contributed by atoms with Crippen LogP contribution in [0.2, 0.25) is 0 Å². The third kappa shape index (κ3) is 4.34. The van der Waals surface area contributed by atoms with Gasteiger partial charge in [0, 0.05) is 17.8 Å². The third-order valence-electron chi connectivity index (χ3n) is 5.92. The second-order valence-corrected chi connectivity index (χ2v) is 8.68. The number of rotatable bonds is 5. The average Bonchev–Trinajstić information content (AvgIpc) is 3.32. The Hall–Kier alpha value is -3.84. The predicted octanol–water partition coefficient (Wildman–Crippen LogP) is 6.05. The van der Waals surface area contributed by atoms with E-state index in [0.29, 0.717) is 23.4 Å². The van der Waals surface area contributed by atoms with E-state index < -0.39 is 0 Å². The van der Waals surface area contributed by atoms with Crippen molar-refractivity contribution in [2.75, 3.05) is 0 Å². The molecular formula is C27H23FN4OS. The van der Waals surface area contributed by atoms with E-state index in [1.165, 1.54) is 12.1 Å².